The second kappa shape index (κ2) is 6.09. The normalized spacial score (nSPS) is 11.6. The summed E-state index contributed by atoms with van der Waals surface area (Å²) in [5.74, 6) is 0. The topological polar surface area (TPSA) is 3.24 Å². The fourth-order valence-electron chi connectivity index (χ4n) is 2.17. The van der Waals surface area contributed by atoms with Gasteiger partial charge in [0.05, 0.1) is 0 Å². The van der Waals surface area contributed by atoms with Crippen molar-refractivity contribution in [3.63, 3.8) is 0 Å². The molecule has 0 spiro atoms. The molecular formula is C16H27N. The fraction of sp³-hybridized carbons (Fsp3) is 0.625. The summed E-state index contributed by atoms with van der Waals surface area (Å²) in [4.78, 5) is 2.15. The van der Waals surface area contributed by atoms with E-state index in [1.165, 1.54) is 36.9 Å². The summed E-state index contributed by atoms with van der Waals surface area (Å²) in [6.07, 6.45) is 5.26. The van der Waals surface area contributed by atoms with Gasteiger partial charge in [0.2, 0.25) is 0 Å². The molecule has 0 amide bonds. The molecule has 0 saturated heterocycles. The molecule has 0 N–H and O–H groups in total. The Bertz CT molecular complexity index is 322. The molecule has 0 heterocycles. The van der Waals surface area contributed by atoms with E-state index >= 15 is 0 Å². The van der Waals surface area contributed by atoms with Gasteiger partial charge in [-0.1, -0.05) is 52.2 Å². The SMILES string of the molecule is CCCCCC(C)(C)c1ccc(N(C)C)cc1. The van der Waals surface area contributed by atoms with Crippen LogP contribution in [0.25, 0.3) is 0 Å². The van der Waals surface area contributed by atoms with Crippen LogP contribution in [0, 0.1) is 0 Å². The van der Waals surface area contributed by atoms with Crippen molar-refractivity contribution < 1.29 is 0 Å². The average Bonchev–Trinajstić information content (AvgIpc) is 2.29. The maximum atomic E-state index is 2.35. The van der Waals surface area contributed by atoms with Gasteiger partial charge in [-0.25, -0.2) is 0 Å². The van der Waals surface area contributed by atoms with Gasteiger partial charge in [-0.15, -0.1) is 0 Å². The van der Waals surface area contributed by atoms with Crippen LogP contribution in [0.3, 0.4) is 0 Å². The van der Waals surface area contributed by atoms with Gasteiger partial charge in [-0.05, 0) is 29.5 Å². The van der Waals surface area contributed by atoms with Crippen molar-refractivity contribution in [3.05, 3.63) is 29.8 Å². The van der Waals surface area contributed by atoms with E-state index in [4.69, 9.17) is 0 Å². The third-order valence-electron chi connectivity index (χ3n) is 3.57. The number of nitrogens with zero attached hydrogens (tertiary/aromatic N) is 1. The van der Waals surface area contributed by atoms with Crippen molar-refractivity contribution in [3.8, 4) is 0 Å². The van der Waals surface area contributed by atoms with E-state index in [0.717, 1.165) is 0 Å². The smallest absolute Gasteiger partial charge is 0.0361 e. The lowest BCUT2D eigenvalue weighted by Gasteiger charge is -2.26. The van der Waals surface area contributed by atoms with Crippen LogP contribution in [0.2, 0.25) is 0 Å². The van der Waals surface area contributed by atoms with E-state index in [2.05, 4.69) is 64.0 Å². The Morgan fingerprint density at radius 3 is 2.06 bits per heavy atom. The molecule has 0 aliphatic rings. The van der Waals surface area contributed by atoms with Crippen LogP contribution in [-0.2, 0) is 5.41 Å². The fourth-order valence-corrected chi connectivity index (χ4v) is 2.17. The average molecular weight is 233 g/mol. The van der Waals surface area contributed by atoms with Crippen molar-refractivity contribution in [1.29, 1.82) is 0 Å². The molecule has 1 aromatic rings. The first-order valence-corrected chi connectivity index (χ1v) is 6.75. The van der Waals surface area contributed by atoms with Crippen molar-refractivity contribution in [1.82, 2.24) is 0 Å². The number of rotatable bonds is 6. The summed E-state index contributed by atoms with van der Waals surface area (Å²) < 4.78 is 0. The minimum atomic E-state index is 0.306. The van der Waals surface area contributed by atoms with Crippen LogP contribution in [0.5, 0.6) is 0 Å². The number of anilines is 1. The predicted octanol–water partition coefficient (Wildman–Crippen LogP) is 4.61. The Morgan fingerprint density at radius 2 is 1.59 bits per heavy atom. The molecule has 0 unspecified atom stereocenters. The summed E-state index contributed by atoms with van der Waals surface area (Å²) in [6.45, 7) is 6.97. The first-order valence-electron chi connectivity index (χ1n) is 6.75. The van der Waals surface area contributed by atoms with Crippen molar-refractivity contribution >= 4 is 5.69 Å². The van der Waals surface area contributed by atoms with Crippen LogP contribution in [0.4, 0.5) is 5.69 Å². The molecule has 17 heavy (non-hydrogen) atoms. The molecule has 1 aromatic carbocycles. The lowest BCUT2D eigenvalue weighted by molar-refractivity contribution is 0.450. The molecule has 0 radical (unpaired) electrons. The summed E-state index contributed by atoms with van der Waals surface area (Å²) >= 11 is 0. The van der Waals surface area contributed by atoms with Gasteiger partial charge in [0.25, 0.3) is 0 Å². The molecule has 1 heteroatoms. The lowest BCUT2D eigenvalue weighted by Crippen LogP contribution is -2.17. The Balaban J connectivity index is 2.70. The highest BCUT2D eigenvalue weighted by Gasteiger charge is 2.19. The van der Waals surface area contributed by atoms with Gasteiger partial charge >= 0.3 is 0 Å². The zero-order valence-corrected chi connectivity index (χ0v) is 12.1. The van der Waals surface area contributed by atoms with Gasteiger partial charge in [0, 0.05) is 19.8 Å². The molecule has 1 nitrogen and oxygen atoms in total. The zero-order chi connectivity index (χ0) is 12.9. The van der Waals surface area contributed by atoms with Gasteiger partial charge in [0.1, 0.15) is 0 Å². The van der Waals surface area contributed by atoms with Crippen molar-refractivity contribution in [2.24, 2.45) is 0 Å². The molecule has 0 aliphatic heterocycles. The highest BCUT2D eigenvalue weighted by Crippen LogP contribution is 2.30. The Kier molecular flexibility index (Phi) is 5.04. The highest BCUT2D eigenvalue weighted by molar-refractivity contribution is 5.47. The first-order chi connectivity index (χ1) is 7.97. The minimum Gasteiger partial charge on any atom is -0.378 e. The van der Waals surface area contributed by atoms with E-state index in [-0.39, 0.29) is 0 Å². The molecule has 1 rings (SSSR count). The number of hydrogen-bond donors (Lipinski definition) is 0. The van der Waals surface area contributed by atoms with Crippen molar-refractivity contribution in [2.45, 2.75) is 51.9 Å². The maximum absolute atomic E-state index is 2.35. The molecule has 0 fully saturated rings. The molecular weight excluding hydrogens is 206 g/mol. The quantitative estimate of drug-likeness (QED) is 0.648. The van der Waals surface area contributed by atoms with Gasteiger partial charge in [-0.3, -0.25) is 0 Å². The Hall–Kier alpha value is -0.980. The van der Waals surface area contributed by atoms with Crippen LogP contribution in [0.15, 0.2) is 24.3 Å². The minimum absolute atomic E-state index is 0.306. The van der Waals surface area contributed by atoms with E-state index in [1.54, 1.807) is 0 Å². The monoisotopic (exact) mass is 233 g/mol. The van der Waals surface area contributed by atoms with E-state index in [1.807, 2.05) is 0 Å². The summed E-state index contributed by atoms with van der Waals surface area (Å²) in [7, 11) is 4.17. The van der Waals surface area contributed by atoms with Crippen LogP contribution in [-0.4, -0.2) is 14.1 Å². The van der Waals surface area contributed by atoms with Crippen LogP contribution in [0.1, 0.15) is 52.0 Å². The lowest BCUT2D eigenvalue weighted by atomic mass is 9.80. The first kappa shape index (κ1) is 14.1. The number of benzene rings is 1. The predicted molar refractivity (Wildman–Crippen MR) is 77.9 cm³/mol. The molecule has 0 aromatic heterocycles. The summed E-state index contributed by atoms with van der Waals surface area (Å²) in [6, 6.07) is 9.00. The molecule has 0 aliphatic carbocycles. The van der Waals surface area contributed by atoms with Crippen LogP contribution < -0.4 is 4.90 Å². The van der Waals surface area contributed by atoms with E-state index in [9.17, 15) is 0 Å². The molecule has 96 valence electrons. The zero-order valence-electron chi connectivity index (χ0n) is 12.1. The number of hydrogen-bond acceptors (Lipinski definition) is 1. The number of unbranched alkanes of at least 4 members (excludes halogenated alkanes) is 2. The largest absolute Gasteiger partial charge is 0.378 e. The van der Waals surface area contributed by atoms with Gasteiger partial charge < -0.3 is 4.90 Å². The standard InChI is InChI=1S/C16H27N/c1-6-7-8-13-16(2,3)14-9-11-15(12-10-14)17(4)5/h9-12H,6-8,13H2,1-5H3. The van der Waals surface area contributed by atoms with Crippen LogP contribution >= 0.6 is 0 Å². The van der Waals surface area contributed by atoms with E-state index in [0.29, 0.717) is 5.41 Å². The van der Waals surface area contributed by atoms with Crippen molar-refractivity contribution in [2.75, 3.05) is 19.0 Å². The molecule has 0 atom stereocenters. The molecule has 0 bridgehead atoms. The Morgan fingerprint density at radius 1 is 1.00 bits per heavy atom. The third-order valence-corrected chi connectivity index (χ3v) is 3.57. The summed E-state index contributed by atoms with van der Waals surface area (Å²) in [5.41, 5.74) is 3.04. The van der Waals surface area contributed by atoms with Gasteiger partial charge in [-0.2, -0.15) is 0 Å². The van der Waals surface area contributed by atoms with E-state index < -0.39 is 0 Å². The third kappa shape index (κ3) is 4.07. The maximum Gasteiger partial charge on any atom is 0.0361 e. The second-order valence-electron chi connectivity index (χ2n) is 5.78. The Labute approximate surface area is 107 Å². The second-order valence-corrected chi connectivity index (χ2v) is 5.78. The molecule has 0 saturated carbocycles. The highest BCUT2D eigenvalue weighted by atomic mass is 15.1. The summed E-state index contributed by atoms with van der Waals surface area (Å²) in [5, 5.41) is 0. The van der Waals surface area contributed by atoms with Gasteiger partial charge in [0.15, 0.2) is 0 Å².